The number of amides is 1. The van der Waals surface area contributed by atoms with E-state index < -0.39 is 0 Å². The molecule has 2 fully saturated rings. The number of carbonyl (C=O) groups excluding carboxylic acids is 1. The third-order valence-electron chi connectivity index (χ3n) is 6.70. The predicted octanol–water partition coefficient (Wildman–Crippen LogP) is 4.32. The molecule has 2 aliphatic rings. The number of hydrogen-bond acceptors (Lipinski definition) is 3. The van der Waals surface area contributed by atoms with Crippen LogP contribution in [0.3, 0.4) is 0 Å². The van der Waals surface area contributed by atoms with Crippen molar-refractivity contribution in [3.63, 3.8) is 0 Å². The van der Waals surface area contributed by atoms with E-state index in [1.807, 2.05) is 6.07 Å². The average Bonchev–Trinajstić information content (AvgIpc) is 2.75. The minimum atomic E-state index is -0.222. The van der Waals surface area contributed by atoms with Gasteiger partial charge in [0.15, 0.2) is 0 Å². The molecule has 2 heterocycles. The molecule has 0 spiro atoms. The highest BCUT2D eigenvalue weighted by molar-refractivity contribution is 5.85. The Bertz CT molecular complexity index is 795. The molecule has 4 rings (SSSR count). The minimum Gasteiger partial charge on any atom is -0.347 e. The second-order valence-electron chi connectivity index (χ2n) is 8.68. The third-order valence-corrected chi connectivity index (χ3v) is 6.70. The number of halogens is 2. The number of nitrogens with one attached hydrogen (secondary N) is 2. The van der Waals surface area contributed by atoms with E-state index in [1.165, 1.54) is 24.0 Å². The van der Waals surface area contributed by atoms with Gasteiger partial charge in [0.05, 0.1) is 5.54 Å². The summed E-state index contributed by atoms with van der Waals surface area (Å²) in [6.45, 7) is 4.81. The van der Waals surface area contributed by atoms with Crippen molar-refractivity contribution in [3.05, 3.63) is 71.8 Å². The van der Waals surface area contributed by atoms with Gasteiger partial charge in [-0.25, -0.2) is 0 Å². The molecule has 1 amide bonds. The van der Waals surface area contributed by atoms with Crippen molar-refractivity contribution >= 4 is 30.7 Å². The first-order chi connectivity index (χ1) is 14.1. The molecule has 4 nitrogen and oxygen atoms in total. The zero-order chi connectivity index (χ0) is 20.1. The van der Waals surface area contributed by atoms with E-state index in [9.17, 15) is 4.79 Å². The van der Waals surface area contributed by atoms with Crippen LogP contribution in [0.1, 0.15) is 43.7 Å². The fourth-order valence-electron chi connectivity index (χ4n) is 5.22. The van der Waals surface area contributed by atoms with Gasteiger partial charge in [0.25, 0.3) is 0 Å². The number of nitrogens with zero attached hydrogens (tertiary/aromatic N) is 1. The summed E-state index contributed by atoms with van der Waals surface area (Å²) in [7, 11) is 0. The molecule has 2 aromatic rings. The summed E-state index contributed by atoms with van der Waals surface area (Å²) >= 11 is 0. The molecule has 2 aromatic carbocycles. The van der Waals surface area contributed by atoms with Crippen LogP contribution in [-0.2, 0) is 16.8 Å². The molecule has 2 aliphatic heterocycles. The summed E-state index contributed by atoms with van der Waals surface area (Å²) in [5.74, 6) is 0.0621. The minimum absolute atomic E-state index is 0. The molecule has 0 aliphatic carbocycles. The van der Waals surface area contributed by atoms with Crippen LogP contribution >= 0.6 is 24.8 Å². The summed E-state index contributed by atoms with van der Waals surface area (Å²) in [5.41, 5.74) is 2.43. The topological polar surface area (TPSA) is 44.4 Å². The molecule has 0 unspecified atom stereocenters. The Hall–Kier alpha value is -1.59. The maximum absolute atomic E-state index is 12.0. The highest BCUT2D eigenvalue weighted by atomic mass is 35.5. The Labute approximate surface area is 199 Å². The van der Waals surface area contributed by atoms with Gasteiger partial charge in [-0.2, -0.15) is 0 Å². The molecule has 31 heavy (non-hydrogen) atoms. The predicted molar refractivity (Wildman–Crippen MR) is 132 cm³/mol. The van der Waals surface area contributed by atoms with Crippen LogP contribution in [0.25, 0.3) is 0 Å². The summed E-state index contributed by atoms with van der Waals surface area (Å²) in [5, 5.41) is 7.02. The number of hydrogen-bond donors (Lipinski definition) is 2. The summed E-state index contributed by atoms with van der Waals surface area (Å²) in [6.07, 6.45) is 5.47. The van der Waals surface area contributed by atoms with Crippen LogP contribution in [0.2, 0.25) is 0 Å². The number of rotatable bonds is 5. The van der Waals surface area contributed by atoms with Crippen molar-refractivity contribution < 1.29 is 4.79 Å². The molecular weight excluding hydrogens is 429 g/mol. The highest BCUT2D eigenvalue weighted by Gasteiger charge is 2.39. The van der Waals surface area contributed by atoms with E-state index in [2.05, 4.69) is 70.1 Å². The summed E-state index contributed by atoms with van der Waals surface area (Å²) < 4.78 is 0. The number of likely N-dealkylation sites (tertiary alicyclic amines) is 1. The zero-order valence-electron chi connectivity index (χ0n) is 18.3. The van der Waals surface area contributed by atoms with Gasteiger partial charge < -0.3 is 15.5 Å². The van der Waals surface area contributed by atoms with Gasteiger partial charge in [0.2, 0.25) is 5.91 Å². The largest absolute Gasteiger partial charge is 0.347 e. The van der Waals surface area contributed by atoms with Crippen molar-refractivity contribution in [2.75, 3.05) is 19.6 Å². The molecule has 170 valence electrons. The van der Waals surface area contributed by atoms with Crippen molar-refractivity contribution in [2.24, 2.45) is 0 Å². The van der Waals surface area contributed by atoms with Crippen LogP contribution in [0.15, 0.2) is 60.7 Å². The van der Waals surface area contributed by atoms with Crippen molar-refractivity contribution in [1.29, 1.82) is 0 Å². The van der Waals surface area contributed by atoms with E-state index in [0.29, 0.717) is 12.1 Å². The van der Waals surface area contributed by atoms with Gasteiger partial charge in [-0.15, -0.1) is 24.8 Å². The van der Waals surface area contributed by atoms with Crippen molar-refractivity contribution in [2.45, 2.75) is 56.7 Å². The van der Waals surface area contributed by atoms with Gasteiger partial charge in [-0.05, 0) is 49.8 Å². The van der Waals surface area contributed by atoms with E-state index in [0.717, 1.165) is 38.9 Å². The van der Waals surface area contributed by atoms with E-state index >= 15 is 0 Å². The lowest BCUT2D eigenvalue weighted by atomic mass is 9.79. The van der Waals surface area contributed by atoms with Gasteiger partial charge in [0.1, 0.15) is 0 Å². The Kier molecular flexibility index (Phi) is 9.83. The molecule has 6 heteroatoms. The van der Waals surface area contributed by atoms with Crippen LogP contribution in [0.5, 0.6) is 0 Å². The lowest BCUT2D eigenvalue weighted by molar-refractivity contribution is -0.121. The van der Waals surface area contributed by atoms with E-state index in [1.54, 1.807) is 6.92 Å². The normalized spacial score (nSPS) is 23.1. The number of carbonyl (C=O) groups is 1. The van der Waals surface area contributed by atoms with E-state index in [4.69, 9.17) is 0 Å². The first-order valence-corrected chi connectivity index (χ1v) is 11.0. The van der Waals surface area contributed by atoms with E-state index in [-0.39, 0.29) is 36.3 Å². The molecule has 0 bridgehead atoms. The highest BCUT2D eigenvalue weighted by Crippen LogP contribution is 2.35. The fraction of sp³-hybridized carbons (Fsp3) is 0.480. The lowest BCUT2D eigenvalue weighted by Gasteiger charge is -2.47. The quantitative estimate of drug-likeness (QED) is 0.693. The maximum Gasteiger partial charge on any atom is 0.217 e. The maximum atomic E-state index is 12.0. The number of benzene rings is 2. The average molecular weight is 464 g/mol. The van der Waals surface area contributed by atoms with Crippen molar-refractivity contribution in [1.82, 2.24) is 15.5 Å². The standard InChI is InChI=1S/C25H33N3O.2ClH/c1-20(29)27-25(22-10-6-3-7-11-22)13-16-28(17-14-25)24-12-15-26-23(19-24)18-21-8-4-2-5-9-21;;/h2-11,23-24,26H,12-19H2,1H3,(H,27,29);2*1H/t23-,24+;;/m0../s1. The molecule has 0 aromatic heterocycles. The Balaban J connectivity index is 0.00000171. The third kappa shape index (κ3) is 6.45. The molecule has 2 N–H and O–H groups in total. The fourth-order valence-corrected chi connectivity index (χ4v) is 5.22. The molecule has 0 radical (unpaired) electrons. The van der Waals surface area contributed by atoms with Crippen LogP contribution < -0.4 is 10.6 Å². The second kappa shape index (κ2) is 11.9. The van der Waals surface area contributed by atoms with Crippen LogP contribution in [0, 0.1) is 0 Å². The summed E-state index contributed by atoms with van der Waals surface area (Å²) in [6, 6.07) is 22.5. The first-order valence-electron chi connectivity index (χ1n) is 11.0. The molecule has 0 saturated carbocycles. The zero-order valence-corrected chi connectivity index (χ0v) is 19.9. The SMILES string of the molecule is CC(=O)NC1(c2ccccc2)CCN([C@@H]2CCN[C@@H](Cc3ccccc3)C2)CC1.Cl.Cl. The van der Waals surface area contributed by atoms with Gasteiger partial charge in [0, 0.05) is 32.1 Å². The smallest absolute Gasteiger partial charge is 0.217 e. The Morgan fingerprint density at radius 2 is 1.65 bits per heavy atom. The van der Waals surface area contributed by atoms with Gasteiger partial charge >= 0.3 is 0 Å². The monoisotopic (exact) mass is 463 g/mol. The first kappa shape index (κ1) is 25.7. The van der Waals surface area contributed by atoms with Gasteiger partial charge in [-0.3, -0.25) is 4.79 Å². The number of piperidine rings is 2. The van der Waals surface area contributed by atoms with Crippen LogP contribution in [0.4, 0.5) is 0 Å². The molecule has 2 atom stereocenters. The Morgan fingerprint density at radius 3 is 2.26 bits per heavy atom. The molecular formula is C25H35Cl2N3O. The summed E-state index contributed by atoms with van der Waals surface area (Å²) in [4.78, 5) is 14.6. The molecule has 2 saturated heterocycles. The lowest BCUT2D eigenvalue weighted by Crippen LogP contribution is -2.56. The van der Waals surface area contributed by atoms with Crippen LogP contribution in [-0.4, -0.2) is 42.5 Å². The van der Waals surface area contributed by atoms with Crippen molar-refractivity contribution in [3.8, 4) is 0 Å². The van der Waals surface area contributed by atoms with Gasteiger partial charge in [-0.1, -0.05) is 60.7 Å². The second-order valence-corrected chi connectivity index (χ2v) is 8.68. The Morgan fingerprint density at radius 1 is 1.03 bits per heavy atom.